The lowest BCUT2D eigenvalue weighted by Crippen LogP contribution is -2.39. The van der Waals surface area contributed by atoms with Crippen molar-refractivity contribution in [2.24, 2.45) is 11.1 Å². The predicted octanol–water partition coefficient (Wildman–Crippen LogP) is 2.58. The number of nitro groups is 1. The molecule has 0 radical (unpaired) electrons. The van der Waals surface area contributed by atoms with E-state index in [1.165, 1.54) is 19.2 Å². The summed E-state index contributed by atoms with van der Waals surface area (Å²) in [5.41, 5.74) is 5.21. The molecule has 0 aliphatic rings. The van der Waals surface area contributed by atoms with Gasteiger partial charge in [0.05, 0.1) is 4.92 Å². The molecule has 0 bridgehead atoms. The molecule has 0 saturated carbocycles. The molecule has 7 nitrogen and oxygen atoms in total. The summed E-state index contributed by atoms with van der Waals surface area (Å²) >= 11 is 5.94. The van der Waals surface area contributed by atoms with Gasteiger partial charge in [-0.15, -0.1) is 12.4 Å². The summed E-state index contributed by atoms with van der Waals surface area (Å²) in [6.45, 7) is 5.71. The predicted molar refractivity (Wildman–Crippen MR) is 92.7 cm³/mol. The minimum atomic E-state index is -3.95. The molecule has 0 fully saturated rings. The first-order valence-electron chi connectivity index (χ1n) is 6.53. The molecule has 1 rings (SSSR count). The Bertz CT molecular complexity index is 693. The third-order valence-corrected chi connectivity index (χ3v) is 5.59. The smallest absolute Gasteiger partial charge is 0.289 e. The van der Waals surface area contributed by atoms with Gasteiger partial charge in [-0.25, -0.2) is 12.7 Å². The molecule has 2 N–H and O–H groups in total. The van der Waals surface area contributed by atoms with Gasteiger partial charge >= 0.3 is 0 Å². The normalized spacial score (nSPS) is 12.1. The number of nitrogens with zero attached hydrogens (tertiary/aromatic N) is 2. The summed E-state index contributed by atoms with van der Waals surface area (Å²) in [7, 11) is -2.55. The number of halogens is 2. The van der Waals surface area contributed by atoms with Crippen LogP contribution in [0.5, 0.6) is 0 Å². The molecule has 132 valence electrons. The van der Waals surface area contributed by atoms with Crippen molar-refractivity contribution in [3.05, 3.63) is 32.8 Å². The van der Waals surface area contributed by atoms with Crippen molar-refractivity contribution in [2.75, 3.05) is 20.1 Å². The van der Waals surface area contributed by atoms with E-state index in [2.05, 4.69) is 0 Å². The second-order valence-electron chi connectivity index (χ2n) is 5.98. The first-order valence-corrected chi connectivity index (χ1v) is 8.35. The van der Waals surface area contributed by atoms with Crippen molar-refractivity contribution in [3.63, 3.8) is 0 Å². The zero-order valence-electron chi connectivity index (χ0n) is 13.4. The maximum absolute atomic E-state index is 12.7. The molecule has 10 heteroatoms. The monoisotopic (exact) mass is 385 g/mol. The van der Waals surface area contributed by atoms with Gasteiger partial charge in [-0.05, 0) is 30.5 Å². The van der Waals surface area contributed by atoms with Gasteiger partial charge in [-0.2, -0.15) is 0 Å². The summed E-state index contributed by atoms with van der Waals surface area (Å²) in [5.74, 6) is 0. The maximum atomic E-state index is 12.7. The van der Waals surface area contributed by atoms with Crippen molar-refractivity contribution in [1.29, 1.82) is 0 Å². The highest BCUT2D eigenvalue weighted by Gasteiger charge is 2.31. The fraction of sp³-hybridized carbons (Fsp3) is 0.538. The van der Waals surface area contributed by atoms with E-state index in [1.807, 2.05) is 13.8 Å². The number of hydrogen-bond acceptors (Lipinski definition) is 5. The van der Waals surface area contributed by atoms with E-state index in [-0.39, 0.29) is 28.9 Å². The highest BCUT2D eigenvalue weighted by Crippen LogP contribution is 2.34. The summed E-state index contributed by atoms with van der Waals surface area (Å²) in [6, 6.07) is 2.57. The zero-order chi connectivity index (χ0) is 17.3. The van der Waals surface area contributed by atoms with Crippen LogP contribution < -0.4 is 5.73 Å². The Morgan fingerprint density at radius 3 is 2.35 bits per heavy atom. The van der Waals surface area contributed by atoms with Gasteiger partial charge in [0, 0.05) is 19.7 Å². The number of nitro benzene ring substituents is 1. The van der Waals surface area contributed by atoms with Crippen molar-refractivity contribution in [2.45, 2.75) is 25.7 Å². The van der Waals surface area contributed by atoms with E-state index in [9.17, 15) is 18.5 Å². The highest BCUT2D eigenvalue weighted by atomic mass is 35.5. The van der Waals surface area contributed by atoms with Crippen LogP contribution in [-0.2, 0) is 10.0 Å². The molecular formula is C13H21Cl2N3O4S. The number of rotatable bonds is 6. The average Bonchev–Trinajstić information content (AvgIpc) is 2.40. The van der Waals surface area contributed by atoms with Gasteiger partial charge in [-0.3, -0.25) is 10.1 Å². The van der Waals surface area contributed by atoms with Gasteiger partial charge in [0.2, 0.25) is 10.0 Å². The largest absolute Gasteiger partial charge is 0.330 e. The number of benzene rings is 1. The van der Waals surface area contributed by atoms with Gasteiger partial charge in [0.1, 0.15) is 9.92 Å². The Balaban J connectivity index is 0.00000484. The molecule has 0 heterocycles. The van der Waals surface area contributed by atoms with Crippen LogP contribution in [0, 0.1) is 22.5 Å². The number of nitrogens with two attached hydrogens (primary N) is 1. The summed E-state index contributed by atoms with van der Waals surface area (Å²) in [6.07, 6.45) is 0. The van der Waals surface area contributed by atoms with E-state index in [0.29, 0.717) is 12.1 Å². The molecule has 0 aromatic heterocycles. The van der Waals surface area contributed by atoms with Crippen LogP contribution >= 0.6 is 24.0 Å². The Kier molecular flexibility index (Phi) is 7.45. The Morgan fingerprint density at radius 1 is 1.39 bits per heavy atom. The molecule has 0 aliphatic carbocycles. The van der Waals surface area contributed by atoms with E-state index < -0.39 is 26.0 Å². The first-order chi connectivity index (χ1) is 9.92. The second kappa shape index (κ2) is 7.76. The average molecular weight is 386 g/mol. The molecular weight excluding hydrogens is 365 g/mol. The first kappa shape index (κ1) is 22.1. The Morgan fingerprint density at radius 2 is 1.91 bits per heavy atom. The third kappa shape index (κ3) is 5.02. The van der Waals surface area contributed by atoms with Crippen LogP contribution in [0.1, 0.15) is 19.4 Å². The SMILES string of the molecule is Cc1cc([N+](=O)[O-])c(Cl)c(S(=O)(=O)N(C)CC(C)(C)CN)c1.Cl. The van der Waals surface area contributed by atoms with Crippen LogP contribution in [0.25, 0.3) is 0 Å². The van der Waals surface area contributed by atoms with Crippen molar-refractivity contribution < 1.29 is 13.3 Å². The van der Waals surface area contributed by atoms with Gasteiger partial charge in [-0.1, -0.05) is 25.4 Å². The molecule has 0 unspecified atom stereocenters. The second-order valence-corrected chi connectivity index (χ2v) is 8.37. The molecule has 0 atom stereocenters. The zero-order valence-corrected chi connectivity index (χ0v) is 15.8. The maximum Gasteiger partial charge on any atom is 0.289 e. The lowest BCUT2D eigenvalue weighted by Gasteiger charge is -2.28. The number of sulfonamides is 1. The minimum absolute atomic E-state index is 0. The van der Waals surface area contributed by atoms with Gasteiger partial charge < -0.3 is 5.73 Å². The number of hydrogen-bond donors (Lipinski definition) is 1. The molecule has 0 aliphatic heterocycles. The van der Waals surface area contributed by atoms with E-state index in [1.54, 1.807) is 6.92 Å². The fourth-order valence-electron chi connectivity index (χ4n) is 1.96. The fourth-order valence-corrected chi connectivity index (χ4v) is 3.95. The van der Waals surface area contributed by atoms with Gasteiger partial charge in [0.25, 0.3) is 5.69 Å². The van der Waals surface area contributed by atoms with Crippen molar-refractivity contribution in [1.82, 2.24) is 4.31 Å². The van der Waals surface area contributed by atoms with E-state index in [4.69, 9.17) is 17.3 Å². The standard InChI is InChI=1S/C13H20ClN3O4S.ClH/c1-9-5-10(17(18)19)12(14)11(6-9)22(20,21)16(4)8-13(2,3)7-15;/h5-6H,7-8,15H2,1-4H3;1H. The summed E-state index contributed by atoms with van der Waals surface area (Å²) in [5, 5.41) is 10.6. The lowest BCUT2D eigenvalue weighted by atomic mass is 9.94. The Hall–Kier alpha value is -0.930. The molecule has 23 heavy (non-hydrogen) atoms. The molecule has 0 amide bonds. The van der Waals surface area contributed by atoms with Crippen molar-refractivity contribution in [3.8, 4) is 0 Å². The summed E-state index contributed by atoms with van der Waals surface area (Å²) < 4.78 is 26.4. The van der Waals surface area contributed by atoms with Crippen molar-refractivity contribution >= 4 is 39.7 Å². The quantitative estimate of drug-likeness (QED) is 0.597. The van der Waals surface area contributed by atoms with E-state index >= 15 is 0 Å². The highest BCUT2D eigenvalue weighted by molar-refractivity contribution is 7.89. The minimum Gasteiger partial charge on any atom is -0.330 e. The van der Waals surface area contributed by atoms with Crippen LogP contribution in [0.3, 0.4) is 0 Å². The van der Waals surface area contributed by atoms with Crippen LogP contribution in [0.2, 0.25) is 5.02 Å². The van der Waals surface area contributed by atoms with Crippen LogP contribution in [-0.4, -0.2) is 37.8 Å². The third-order valence-electron chi connectivity index (χ3n) is 3.25. The molecule has 1 aromatic rings. The number of aryl methyl sites for hydroxylation is 1. The molecule has 0 spiro atoms. The lowest BCUT2D eigenvalue weighted by molar-refractivity contribution is -0.385. The summed E-state index contributed by atoms with van der Waals surface area (Å²) in [4.78, 5) is 10.0. The van der Waals surface area contributed by atoms with E-state index in [0.717, 1.165) is 4.31 Å². The molecule has 1 aromatic carbocycles. The van der Waals surface area contributed by atoms with Crippen LogP contribution in [0.15, 0.2) is 17.0 Å². The Labute approximate surface area is 147 Å². The molecule has 0 saturated heterocycles. The van der Waals surface area contributed by atoms with Gasteiger partial charge in [0.15, 0.2) is 0 Å². The van der Waals surface area contributed by atoms with Crippen LogP contribution in [0.4, 0.5) is 5.69 Å². The topological polar surface area (TPSA) is 107 Å².